The summed E-state index contributed by atoms with van der Waals surface area (Å²) in [5.41, 5.74) is -0.897. The second-order valence-electron chi connectivity index (χ2n) is 5.19. The number of aromatic amines is 1. The van der Waals surface area contributed by atoms with Gasteiger partial charge in [-0.3, -0.25) is 19.7 Å². The van der Waals surface area contributed by atoms with Crippen molar-refractivity contribution in [1.29, 1.82) is 0 Å². The van der Waals surface area contributed by atoms with Crippen LogP contribution in [0, 0.1) is 10.1 Å². The number of nitro benzene ring substituents is 1. The topological polar surface area (TPSA) is 126 Å². The zero-order chi connectivity index (χ0) is 18.1. The van der Waals surface area contributed by atoms with Crippen LogP contribution in [0.4, 0.5) is 5.69 Å². The van der Waals surface area contributed by atoms with E-state index in [4.69, 9.17) is 11.6 Å². The summed E-state index contributed by atoms with van der Waals surface area (Å²) < 4.78 is 0. The highest BCUT2D eigenvalue weighted by atomic mass is 35.5. The number of fused-ring (bicyclic) bond motifs is 1. The Kier molecular flexibility index (Phi) is 4.30. The monoisotopic (exact) mass is 359 g/mol. The Morgan fingerprint density at radius 1 is 1.28 bits per heavy atom. The van der Waals surface area contributed by atoms with Gasteiger partial charge in [0, 0.05) is 17.2 Å². The molecule has 9 heteroatoms. The molecule has 8 nitrogen and oxygen atoms in total. The van der Waals surface area contributed by atoms with E-state index < -0.39 is 28.1 Å². The summed E-state index contributed by atoms with van der Waals surface area (Å²) in [5.74, 6) is -0.960. The number of aliphatic hydroxyl groups is 1. The number of benzene rings is 2. The first-order valence-corrected chi connectivity index (χ1v) is 7.41. The summed E-state index contributed by atoms with van der Waals surface area (Å²) in [5, 5.41) is 21.4. The van der Waals surface area contributed by atoms with Crippen molar-refractivity contribution in [1.82, 2.24) is 9.97 Å². The summed E-state index contributed by atoms with van der Waals surface area (Å²) in [4.78, 5) is 41.1. The fourth-order valence-electron chi connectivity index (χ4n) is 2.31. The third-order valence-electron chi connectivity index (χ3n) is 3.53. The van der Waals surface area contributed by atoms with Crippen molar-refractivity contribution in [3.05, 3.63) is 79.2 Å². The second-order valence-corrected chi connectivity index (χ2v) is 5.63. The molecule has 0 spiro atoms. The molecular formula is C16H10ClN3O5. The number of aromatic nitrogens is 2. The third kappa shape index (κ3) is 3.25. The van der Waals surface area contributed by atoms with Crippen LogP contribution >= 0.6 is 11.6 Å². The van der Waals surface area contributed by atoms with E-state index in [-0.39, 0.29) is 11.3 Å². The molecule has 2 aromatic carbocycles. The van der Waals surface area contributed by atoms with Gasteiger partial charge in [0.05, 0.1) is 16.0 Å². The van der Waals surface area contributed by atoms with Crippen LogP contribution in [0.25, 0.3) is 11.0 Å². The quantitative estimate of drug-likeness (QED) is 0.418. The first-order chi connectivity index (χ1) is 11.9. The lowest BCUT2D eigenvalue weighted by atomic mass is 10.0. The fraction of sp³-hybridized carbons (Fsp3) is 0.0625. The molecule has 2 N–H and O–H groups in total. The number of aliphatic hydroxyl groups excluding tert-OH is 1. The SMILES string of the molecule is O=C(c1nc2ccc(Cl)cc2[nH]c1=O)[C@@H](O)c1cccc([N+](=O)[O-])c1. The largest absolute Gasteiger partial charge is 0.380 e. The lowest BCUT2D eigenvalue weighted by molar-refractivity contribution is -0.385. The summed E-state index contributed by atoms with van der Waals surface area (Å²) in [6, 6.07) is 9.53. The molecule has 25 heavy (non-hydrogen) atoms. The van der Waals surface area contributed by atoms with Crippen LogP contribution in [0.2, 0.25) is 5.02 Å². The minimum atomic E-state index is -1.75. The number of nitrogens with zero attached hydrogens (tertiary/aromatic N) is 2. The molecule has 0 saturated carbocycles. The lowest BCUT2D eigenvalue weighted by Gasteiger charge is -2.09. The van der Waals surface area contributed by atoms with Crippen molar-refractivity contribution in [3.8, 4) is 0 Å². The van der Waals surface area contributed by atoms with Gasteiger partial charge in [-0.2, -0.15) is 0 Å². The number of carbonyl (C=O) groups is 1. The minimum absolute atomic E-state index is 0.00315. The Morgan fingerprint density at radius 2 is 2.04 bits per heavy atom. The van der Waals surface area contributed by atoms with E-state index in [9.17, 15) is 24.8 Å². The van der Waals surface area contributed by atoms with Gasteiger partial charge in [-0.05, 0) is 23.8 Å². The first kappa shape index (κ1) is 16.7. The molecule has 0 bridgehead atoms. The molecule has 0 radical (unpaired) electrons. The van der Waals surface area contributed by atoms with Gasteiger partial charge >= 0.3 is 0 Å². The van der Waals surface area contributed by atoms with Gasteiger partial charge < -0.3 is 10.1 Å². The predicted octanol–water partition coefficient (Wildman–Crippen LogP) is 2.40. The molecule has 1 heterocycles. The Bertz CT molecular complexity index is 1060. The molecule has 0 aliphatic heterocycles. The van der Waals surface area contributed by atoms with Crippen LogP contribution in [0.15, 0.2) is 47.3 Å². The lowest BCUT2D eigenvalue weighted by Crippen LogP contribution is -2.24. The van der Waals surface area contributed by atoms with Gasteiger partial charge in [0.25, 0.3) is 11.2 Å². The maximum atomic E-state index is 12.4. The van der Waals surface area contributed by atoms with E-state index in [0.717, 1.165) is 6.07 Å². The van der Waals surface area contributed by atoms with Crippen molar-refractivity contribution < 1.29 is 14.8 Å². The van der Waals surface area contributed by atoms with Crippen LogP contribution < -0.4 is 5.56 Å². The molecule has 3 rings (SSSR count). The van der Waals surface area contributed by atoms with Gasteiger partial charge in [-0.1, -0.05) is 23.7 Å². The zero-order valence-corrected chi connectivity index (χ0v) is 13.2. The number of hydrogen-bond acceptors (Lipinski definition) is 6. The van der Waals surface area contributed by atoms with Gasteiger partial charge in [0.1, 0.15) is 6.10 Å². The van der Waals surface area contributed by atoms with Crippen LogP contribution in [0.3, 0.4) is 0 Å². The number of ketones is 1. The molecule has 3 aromatic rings. The first-order valence-electron chi connectivity index (χ1n) is 7.03. The summed E-state index contributed by atoms with van der Waals surface area (Å²) in [6.45, 7) is 0. The number of hydrogen-bond donors (Lipinski definition) is 2. The number of nitro groups is 1. The van der Waals surface area contributed by atoms with E-state index in [1.807, 2.05) is 0 Å². The van der Waals surface area contributed by atoms with E-state index in [2.05, 4.69) is 9.97 Å². The predicted molar refractivity (Wildman–Crippen MR) is 89.8 cm³/mol. The smallest absolute Gasteiger partial charge is 0.278 e. The van der Waals surface area contributed by atoms with Crippen molar-refractivity contribution in [2.75, 3.05) is 0 Å². The fourth-order valence-corrected chi connectivity index (χ4v) is 2.49. The van der Waals surface area contributed by atoms with Crippen LogP contribution in [-0.2, 0) is 0 Å². The normalized spacial score (nSPS) is 12.1. The maximum absolute atomic E-state index is 12.4. The van der Waals surface area contributed by atoms with E-state index in [1.165, 1.54) is 30.3 Å². The number of carbonyl (C=O) groups excluding carboxylic acids is 1. The number of rotatable bonds is 4. The van der Waals surface area contributed by atoms with Crippen LogP contribution in [0.5, 0.6) is 0 Å². The summed E-state index contributed by atoms with van der Waals surface area (Å²) in [7, 11) is 0. The standard InChI is InChI=1S/C16H10ClN3O5/c17-9-4-5-11-12(7-9)19-16(23)13(18-11)15(22)14(21)8-2-1-3-10(6-8)20(24)25/h1-7,14,21H,(H,19,23)/t14-/m0/s1. The Morgan fingerprint density at radius 3 is 2.76 bits per heavy atom. The van der Waals surface area contributed by atoms with E-state index >= 15 is 0 Å². The maximum Gasteiger partial charge on any atom is 0.278 e. The molecule has 0 saturated heterocycles. The number of halogens is 1. The number of Topliss-reactive ketones (excluding diaryl/α,β-unsaturated/α-hetero) is 1. The molecule has 1 atom stereocenters. The molecule has 0 unspecified atom stereocenters. The molecular weight excluding hydrogens is 350 g/mol. The number of H-pyrrole nitrogens is 1. The summed E-state index contributed by atoms with van der Waals surface area (Å²) in [6.07, 6.45) is -1.75. The third-order valence-corrected chi connectivity index (χ3v) is 3.77. The molecule has 1 aromatic heterocycles. The van der Waals surface area contributed by atoms with Gasteiger partial charge in [0.2, 0.25) is 5.78 Å². The average Bonchev–Trinajstić information content (AvgIpc) is 2.60. The average molecular weight is 360 g/mol. The second kappa shape index (κ2) is 6.42. The van der Waals surface area contributed by atoms with Crippen molar-refractivity contribution >= 4 is 34.1 Å². The molecule has 126 valence electrons. The highest BCUT2D eigenvalue weighted by Gasteiger charge is 2.25. The highest BCUT2D eigenvalue weighted by molar-refractivity contribution is 6.31. The highest BCUT2D eigenvalue weighted by Crippen LogP contribution is 2.22. The van der Waals surface area contributed by atoms with Gasteiger partial charge in [-0.25, -0.2) is 4.98 Å². The molecule has 0 fully saturated rings. The van der Waals surface area contributed by atoms with Crippen molar-refractivity contribution in [2.24, 2.45) is 0 Å². The van der Waals surface area contributed by atoms with Gasteiger partial charge in [0.15, 0.2) is 5.69 Å². The minimum Gasteiger partial charge on any atom is -0.380 e. The summed E-state index contributed by atoms with van der Waals surface area (Å²) >= 11 is 5.83. The van der Waals surface area contributed by atoms with Crippen LogP contribution in [0.1, 0.15) is 22.2 Å². The van der Waals surface area contributed by atoms with E-state index in [0.29, 0.717) is 16.1 Å². The number of nitrogens with one attached hydrogen (secondary N) is 1. The molecule has 0 aliphatic carbocycles. The Balaban J connectivity index is 2.03. The van der Waals surface area contributed by atoms with Crippen molar-refractivity contribution in [3.63, 3.8) is 0 Å². The van der Waals surface area contributed by atoms with Gasteiger partial charge in [-0.15, -0.1) is 0 Å². The van der Waals surface area contributed by atoms with Crippen molar-refractivity contribution in [2.45, 2.75) is 6.10 Å². The number of non-ortho nitro benzene ring substituents is 1. The Labute approximate surface area is 144 Å². The zero-order valence-electron chi connectivity index (χ0n) is 12.5. The van der Waals surface area contributed by atoms with Crippen LogP contribution in [-0.4, -0.2) is 25.8 Å². The molecule has 0 amide bonds. The molecule has 0 aliphatic rings. The Hall–Kier alpha value is -3.10. The van der Waals surface area contributed by atoms with E-state index in [1.54, 1.807) is 6.07 Å².